The van der Waals surface area contributed by atoms with Crippen molar-refractivity contribution in [2.24, 2.45) is 7.05 Å². The molecular weight excluding hydrogens is 252 g/mol. The van der Waals surface area contributed by atoms with Gasteiger partial charge in [0.05, 0.1) is 5.75 Å². The Morgan fingerprint density at radius 2 is 2.33 bits per heavy atom. The second-order valence-corrected chi connectivity index (χ2v) is 5.53. The molecule has 1 amide bonds. The lowest BCUT2D eigenvalue weighted by atomic mass is 10.0. The molecule has 1 aromatic rings. The lowest BCUT2D eigenvalue weighted by molar-refractivity contribution is -0.131. The summed E-state index contributed by atoms with van der Waals surface area (Å²) in [6.45, 7) is 2.94. The van der Waals surface area contributed by atoms with Crippen LogP contribution in [0.2, 0.25) is 0 Å². The molecule has 0 radical (unpaired) electrons. The monoisotopic (exact) mass is 270 g/mol. The maximum Gasteiger partial charge on any atom is 0.343 e. The molecule has 1 atom stereocenters. The van der Waals surface area contributed by atoms with Crippen LogP contribution in [-0.4, -0.2) is 43.9 Å². The minimum atomic E-state index is -0.253. The molecular formula is C11H18N4O2S. The van der Waals surface area contributed by atoms with Gasteiger partial charge >= 0.3 is 5.69 Å². The lowest BCUT2D eigenvalue weighted by Gasteiger charge is -2.33. The van der Waals surface area contributed by atoms with E-state index in [9.17, 15) is 9.59 Å². The van der Waals surface area contributed by atoms with E-state index < -0.39 is 0 Å². The number of likely N-dealkylation sites (tertiary alicyclic amines) is 1. The quantitative estimate of drug-likeness (QED) is 0.817. The molecule has 0 saturated carbocycles. The van der Waals surface area contributed by atoms with E-state index in [0.29, 0.717) is 17.0 Å². The summed E-state index contributed by atoms with van der Waals surface area (Å²) in [7, 11) is 1.64. The molecule has 1 aromatic heterocycles. The van der Waals surface area contributed by atoms with Gasteiger partial charge in [0.2, 0.25) is 5.91 Å². The molecule has 1 fully saturated rings. The molecule has 2 heterocycles. The molecule has 0 unspecified atom stereocenters. The van der Waals surface area contributed by atoms with Crippen molar-refractivity contribution in [2.45, 2.75) is 37.4 Å². The Bertz CT molecular complexity index is 482. The zero-order chi connectivity index (χ0) is 13.1. The smallest absolute Gasteiger partial charge is 0.339 e. The van der Waals surface area contributed by atoms with Crippen molar-refractivity contribution in [3.8, 4) is 0 Å². The maximum absolute atomic E-state index is 12.1. The third-order valence-corrected chi connectivity index (χ3v) is 4.30. The summed E-state index contributed by atoms with van der Waals surface area (Å²) in [5.74, 6) is 0.463. The number of carbonyl (C=O) groups excluding carboxylic acids is 1. The molecule has 0 aromatic carbocycles. The topological polar surface area (TPSA) is 71.0 Å². The molecule has 1 N–H and O–H groups in total. The van der Waals surface area contributed by atoms with Crippen LogP contribution in [0, 0.1) is 0 Å². The number of carbonyl (C=O) groups is 1. The van der Waals surface area contributed by atoms with Crippen molar-refractivity contribution < 1.29 is 4.79 Å². The Kier molecular flexibility index (Phi) is 4.11. The standard InChI is InChI=1S/C11H18N4O2S/c1-8-5-3-4-6-15(8)9(16)7-18-11-13-12-10(17)14(11)2/h8H,3-7H2,1-2H3,(H,12,17)/t8-/m1/s1. The summed E-state index contributed by atoms with van der Waals surface area (Å²) in [5.41, 5.74) is -0.253. The molecule has 6 nitrogen and oxygen atoms in total. The van der Waals surface area contributed by atoms with Gasteiger partial charge in [0, 0.05) is 19.6 Å². The van der Waals surface area contributed by atoms with Gasteiger partial charge < -0.3 is 4.90 Å². The number of hydrogen-bond donors (Lipinski definition) is 1. The summed E-state index contributed by atoms with van der Waals surface area (Å²) in [6.07, 6.45) is 3.37. The molecule has 2 rings (SSSR count). The maximum atomic E-state index is 12.1. The lowest BCUT2D eigenvalue weighted by Crippen LogP contribution is -2.43. The van der Waals surface area contributed by atoms with Gasteiger partial charge in [-0.3, -0.25) is 9.36 Å². The van der Waals surface area contributed by atoms with Gasteiger partial charge in [-0.1, -0.05) is 11.8 Å². The molecule has 7 heteroatoms. The molecule has 1 aliphatic rings. The Morgan fingerprint density at radius 1 is 1.56 bits per heavy atom. The zero-order valence-electron chi connectivity index (χ0n) is 10.7. The molecule has 18 heavy (non-hydrogen) atoms. The minimum Gasteiger partial charge on any atom is -0.339 e. The Morgan fingerprint density at radius 3 is 2.94 bits per heavy atom. The summed E-state index contributed by atoms with van der Waals surface area (Å²) in [5, 5.41) is 6.78. The number of amides is 1. The van der Waals surface area contributed by atoms with E-state index in [2.05, 4.69) is 17.1 Å². The Hall–Kier alpha value is -1.24. The summed E-state index contributed by atoms with van der Waals surface area (Å²) >= 11 is 1.30. The van der Waals surface area contributed by atoms with Gasteiger partial charge in [-0.2, -0.15) is 0 Å². The summed E-state index contributed by atoms with van der Waals surface area (Å²) in [6, 6.07) is 0.329. The molecule has 100 valence electrons. The summed E-state index contributed by atoms with van der Waals surface area (Å²) < 4.78 is 1.41. The van der Waals surface area contributed by atoms with E-state index in [-0.39, 0.29) is 11.6 Å². The Balaban J connectivity index is 1.92. The van der Waals surface area contributed by atoms with Gasteiger partial charge in [0.1, 0.15) is 0 Å². The number of thioether (sulfide) groups is 1. The Labute approximate surface area is 110 Å². The fraction of sp³-hybridized carbons (Fsp3) is 0.727. The number of hydrogen-bond acceptors (Lipinski definition) is 4. The predicted molar refractivity (Wildman–Crippen MR) is 69.6 cm³/mol. The second kappa shape index (κ2) is 5.60. The minimum absolute atomic E-state index is 0.127. The van der Waals surface area contributed by atoms with Crippen LogP contribution < -0.4 is 5.69 Å². The third kappa shape index (κ3) is 2.77. The highest BCUT2D eigenvalue weighted by molar-refractivity contribution is 7.99. The van der Waals surface area contributed by atoms with E-state index in [1.165, 1.54) is 22.7 Å². The third-order valence-electron chi connectivity index (χ3n) is 3.29. The molecule has 0 spiro atoms. The number of aromatic nitrogens is 3. The van der Waals surface area contributed by atoms with Gasteiger partial charge in [0.25, 0.3) is 0 Å². The molecule has 0 bridgehead atoms. The van der Waals surface area contributed by atoms with E-state index in [1.54, 1.807) is 7.05 Å². The van der Waals surface area contributed by atoms with E-state index >= 15 is 0 Å². The van der Waals surface area contributed by atoms with Crippen molar-refractivity contribution >= 4 is 17.7 Å². The van der Waals surface area contributed by atoms with E-state index in [4.69, 9.17) is 0 Å². The highest BCUT2D eigenvalue weighted by Gasteiger charge is 2.23. The van der Waals surface area contributed by atoms with Crippen molar-refractivity contribution in [3.05, 3.63) is 10.5 Å². The molecule has 1 aliphatic heterocycles. The van der Waals surface area contributed by atoms with E-state index in [1.807, 2.05) is 4.90 Å². The van der Waals surface area contributed by atoms with Crippen molar-refractivity contribution in [2.75, 3.05) is 12.3 Å². The SMILES string of the molecule is C[C@@H]1CCCCN1C(=O)CSc1n[nH]c(=O)n1C. The van der Waals surface area contributed by atoms with Crippen LogP contribution in [-0.2, 0) is 11.8 Å². The number of rotatable bonds is 3. The number of nitrogens with zero attached hydrogens (tertiary/aromatic N) is 3. The first-order valence-corrected chi connectivity index (χ1v) is 7.12. The predicted octanol–water partition coefficient (Wildman–Crippen LogP) is 0.601. The van der Waals surface area contributed by atoms with Gasteiger partial charge in [-0.05, 0) is 26.2 Å². The fourth-order valence-electron chi connectivity index (χ4n) is 2.14. The van der Waals surface area contributed by atoms with Gasteiger partial charge in [-0.25, -0.2) is 9.89 Å². The number of aromatic amines is 1. The number of piperidine rings is 1. The van der Waals surface area contributed by atoms with Crippen LogP contribution in [0.5, 0.6) is 0 Å². The van der Waals surface area contributed by atoms with Gasteiger partial charge in [0.15, 0.2) is 5.16 Å². The van der Waals surface area contributed by atoms with Crippen LogP contribution in [0.15, 0.2) is 9.95 Å². The number of H-pyrrole nitrogens is 1. The fourth-order valence-corrected chi connectivity index (χ4v) is 2.94. The summed E-state index contributed by atoms with van der Waals surface area (Å²) in [4.78, 5) is 25.2. The first-order valence-electron chi connectivity index (χ1n) is 6.13. The molecule has 1 saturated heterocycles. The van der Waals surface area contributed by atoms with E-state index in [0.717, 1.165) is 19.4 Å². The highest BCUT2D eigenvalue weighted by atomic mass is 32.2. The van der Waals surface area contributed by atoms with Crippen molar-refractivity contribution in [1.82, 2.24) is 19.7 Å². The van der Waals surface area contributed by atoms with Crippen molar-refractivity contribution in [3.63, 3.8) is 0 Å². The van der Waals surface area contributed by atoms with Crippen LogP contribution in [0.25, 0.3) is 0 Å². The van der Waals surface area contributed by atoms with Crippen molar-refractivity contribution in [1.29, 1.82) is 0 Å². The van der Waals surface area contributed by atoms with Crippen LogP contribution in [0.1, 0.15) is 26.2 Å². The van der Waals surface area contributed by atoms with Gasteiger partial charge in [-0.15, -0.1) is 5.10 Å². The number of nitrogens with one attached hydrogen (secondary N) is 1. The van der Waals surface area contributed by atoms with Crippen LogP contribution in [0.3, 0.4) is 0 Å². The second-order valence-electron chi connectivity index (χ2n) is 4.59. The van der Waals surface area contributed by atoms with Crippen LogP contribution >= 0.6 is 11.8 Å². The molecule has 0 aliphatic carbocycles. The van der Waals surface area contributed by atoms with Crippen LogP contribution in [0.4, 0.5) is 0 Å². The zero-order valence-corrected chi connectivity index (χ0v) is 11.5. The first kappa shape index (κ1) is 13.2. The average molecular weight is 270 g/mol. The average Bonchev–Trinajstić information content (AvgIpc) is 2.68. The largest absolute Gasteiger partial charge is 0.343 e. The normalized spacial score (nSPS) is 20.1. The first-order chi connectivity index (χ1) is 8.59. The highest BCUT2D eigenvalue weighted by Crippen LogP contribution is 2.19.